The highest BCUT2D eigenvalue weighted by Crippen LogP contribution is 2.08. The Morgan fingerprint density at radius 3 is 2.60 bits per heavy atom. The number of hydrogen-bond acceptors (Lipinski definition) is 2. The molecule has 2 rings (SSSR count). The molecule has 1 aromatic carbocycles. The number of hydrogen-bond donors (Lipinski definition) is 1. The average molecular weight is 226 g/mol. The van der Waals surface area contributed by atoms with Crippen molar-refractivity contribution in [3.05, 3.63) is 35.9 Å². The lowest BCUT2D eigenvalue weighted by Crippen LogP contribution is -2.89. The predicted molar refractivity (Wildman–Crippen MR) is 59.1 cm³/mol. The molecule has 1 heterocycles. The van der Waals surface area contributed by atoms with Crippen LogP contribution in [0.1, 0.15) is 12.0 Å². The molecule has 1 atom stereocenters. The zero-order valence-electron chi connectivity index (χ0n) is 8.59. The summed E-state index contributed by atoms with van der Waals surface area (Å²) < 4.78 is 22.5. The first kappa shape index (κ1) is 10.6. The third kappa shape index (κ3) is 3.04. The molecule has 3 nitrogen and oxygen atoms in total. The van der Waals surface area contributed by atoms with Crippen LogP contribution in [0.5, 0.6) is 0 Å². The van der Waals surface area contributed by atoms with E-state index in [-0.39, 0.29) is 6.04 Å². The van der Waals surface area contributed by atoms with Crippen molar-refractivity contribution in [1.82, 2.24) is 0 Å². The van der Waals surface area contributed by atoms with Gasteiger partial charge >= 0.3 is 0 Å². The van der Waals surface area contributed by atoms with Gasteiger partial charge < -0.3 is 5.32 Å². The van der Waals surface area contributed by atoms with Crippen LogP contribution < -0.4 is 5.32 Å². The average Bonchev–Trinajstić information content (AvgIpc) is 2.57. The van der Waals surface area contributed by atoms with E-state index in [0.29, 0.717) is 11.5 Å². The summed E-state index contributed by atoms with van der Waals surface area (Å²) in [6.45, 7) is 0.876. The fraction of sp³-hybridized carbons (Fsp3) is 0.455. The predicted octanol–water partition coefficient (Wildman–Crippen LogP) is -0.0629. The van der Waals surface area contributed by atoms with Crippen LogP contribution in [-0.2, 0) is 16.4 Å². The molecule has 0 amide bonds. The Labute approximate surface area is 90.4 Å². The lowest BCUT2D eigenvalue weighted by atomic mass is 10.2. The zero-order valence-corrected chi connectivity index (χ0v) is 9.41. The van der Waals surface area contributed by atoms with E-state index in [9.17, 15) is 8.42 Å². The smallest absolute Gasteiger partial charge is 0.156 e. The minimum absolute atomic E-state index is 0.259. The van der Waals surface area contributed by atoms with Gasteiger partial charge in [0.15, 0.2) is 9.84 Å². The van der Waals surface area contributed by atoms with E-state index in [2.05, 4.69) is 17.4 Å². The molecule has 82 valence electrons. The minimum atomic E-state index is -2.73. The molecule has 2 N–H and O–H groups in total. The van der Waals surface area contributed by atoms with Crippen molar-refractivity contribution in [2.45, 2.75) is 19.0 Å². The molecule has 0 aromatic heterocycles. The lowest BCUT2D eigenvalue weighted by Gasteiger charge is -2.06. The normalized spacial score (nSPS) is 24.1. The highest BCUT2D eigenvalue weighted by Gasteiger charge is 2.30. The third-order valence-electron chi connectivity index (χ3n) is 2.80. The second kappa shape index (κ2) is 4.33. The second-order valence-corrected chi connectivity index (χ2v) is 6.32. The molecule has 4 heteroatoms. The second-order valence-electron chi connectivity index (χ2n) is 4.09. The van der Waals surface area contributed by atoms with Gasteiger partial charge in [-0.25, -0.2) is 8.42 Å². The topological polar surface area (TPSA) is 50.8 Å². The summed E-state index contributed by atoms with van der Waals surface area (Å²) in [5.41, 5.74) is 1.25. The van der Waals surface area contributed by atoms with Crippen molar-refractivity contribution < 1.29 is 13.7 Å². The molecule has 15 heavy (non-hydrogen) atoms. The summed E-state index contributed by atoms with van der Waals surface area (Å²) in [4.78, 5) is 0. The number of sulfone groups is 1. The Morgan fingerprint density at radius 2 is 2.00 bits per heavy atom. The summed E-state index contributed by atoms with van der Waals surface area (Å²) >= 11 is 0. The van der Waals surface area contributed by atoms with E-state index in [1.807, 2.05) is 18.2 Å². The van der Waals surface area contributed by atoms with Gasteiger partial charge in [-0.1, -0.05) is 30.3 Å². The van der Waals surface area contributed by atoms with E-state index < -0.39 is 9.84 Å². The Kier molecular flexibility index (Phi) is 3.07. The molecule has 1 fully saturated rings. The molecule has 1 aliphatic heterocycles. The van der Waals surface area contributed by atoms with Gasteiger partial charge in [0.2, 0.25) is 0 Å². The van der Waals surface area contributed by atoms with Gasteiger partial charge in [0, 0.05) is 12.0 Å². The summed E-state index contributed by atoms with van der Waals surface area (Å²) in [5, 5.41) is 2.14. The van der Waals surface area contributed by atoms with E-state index in [1.54, 1.807) is 0 Å². The molecule has 0 radical (unpaired) electrons. The highest BCUT2D eigenvalue weighted by molar-refractivity contribution is 7.91. The minimum Gasteiger partial charge on any atom is -0.339 e. The van der Waals surface area contributed by atoms with Gasteiger partial charge in [0.05, 0.1) is 5.75 Å². The molecule has 1 aromatic rings. The summed E-state index contributed by atoms with van der Waals surface area (Å²) in [5.74, 6) is 0.711. The maximum Gasteiger partial charge on any atom is 0.156 e. The van der Waals surface area contributed by atoms with E-state index >= 15 is 0 Å². The maximum absolute atomic E-state index is 11.2. The molecule has 1 unspecified atom stereocenters. The zero-order chi connectivity index (χ0) is 10.7. The van der Waals surface area contributed by atoms with Gasteiger partial charge in [-0.3, -0.25) is 0 Å². The fourth-order valence-electron chi connectivity index (χ4n) is 1.93. The number of nitrogens with two attached hydrogens (primary N) is 1. The Balaban J connectivity index is 1.85. The summed E-state index contributed by atoms with van der Waals surface area (Å²) in [6.07, 6.45) is 0.801. The fourth-order valence-corrected chi connectivity index (χ4v) is 3.71. The number of quaternary nitrogens is 1. The molecule has 0 bridgehead atoms. The lowest BCUT2D eigenvalue weighted by molar-refractivity contribution is -0.699. The van der Waals surface area contributed by atoms with Crippen LogP contribution in [0.4, 0.5) is 0 Å². The third-order valence-corrected chi connectivity index (χ3v) is 4.59. The van der Waals surface area contributed by atoms with Crippen LogP contribution >= 0.6 is 0 Å². The van der Waals surface area contributed by atoms with Gasteiger partial charge in [0.1, 0.15) is 18.3 Å². The number of rotatable bonds is 3. The molecule has 1 saturated heterocycles. The van der Waals surface area contributed by atoms with E-state index in [4.69, 9.17) is 0 Å². The van der Waals surface area contributed by atoms with E-state index in [0.717, 1.165) is 13.0 Å². The van der Waals surface area contributed by atoms with Gasteiger partial charge in [-0.15, -0.1) is 0 Å². The van der Waals surface area contributed by atoms with Crippen LogP contribution in [0.2, 0.25) is 0 Å². The van der Waals surface area contributed by atoms with Crippen LogP contribution in [0, 0.1) is 0 Å². The van der Waals surface area contributed by atoms with Gasteiger partial charge in [-0.2, -0.15) is 0 Å². The van der Waals surface area contributed by atoms with Crippen LogP contribution in [-0.4, -0.2) is 26.0 Å². The van der Waals surface area contributed by atoms with Crippen molar-refractivity contribution in [3.63, 3.8) is 0 Å². The number of benzene rings is 1. The highest BCUT2D eigenvalue weighted by atomic mass is 32.2. The largest absolute Gasteiger partial charge is 0.339 e. The van der Waals surface area contributed by atoms with Crippen molar-refractivity contribution in [2.24, 2.45) is 0 Å². The van der Waals surface area contributed by atoms with Gasteiger partial charge in [-0.05, 0) is 0 Å². The van der Waals surface area contributed by atoms with Crippen LogP contribution in [0.25, 0.3) is 0 Å². The molecule has 0 saturated carbocycles. The molecular formula is C11H16NO2S+. The van der Waals surface area contributed by atoms with Crippen molar-refractivity contribution in [2.75, 3.05) is 11.5 Å². The van der Waals surface area contributed by atoms with Crippen molar-refractivity contribution in [1.29, 1.82) is 0 Å². The first-order chi connectivity index (χ1) is 7.16. The summed E-state index contributed by atoms with van der Waals surface area (Å²) in [6, 6.07) is 10.4. The Bertz CT molecular complexity index is 413. The first-order valence-corrected chi connectivity index (χ1v) is 7.05. The van der Waals surface area contributed by atoms with E-state index in [1.165, 1.54) is 5.56 Å². The SMILES string of the molecule is O=S1(=O)CCC([NH2+]Cc2ccccc2)C1. The quantitative estimate of drug-likeness (QED) is 0.785. The van der Waals surface area contributed by atoms with Crippen LogP contribution in [0.15, 0.2) is 30.3 Å². The van der Waals surface area contributed by atoms with Crippen LogP contribution in [0.3, 0.4) is 0 Å². The van der Waals surface area contributed by atoms with Gasteiger partial charge in [0.25, 0.3) is 0 Å². The molecular weight excluding hydrogens is 210 g/mol. The first-order valence-electron chi connectivity index (χ1n) is 5.23. The van der Waals surface area contributed by atoms with Crippen molar-refractivity contribution in [3.8, 4) is 0 Å². The monoisotopic (exact) mass is 226 g/mol. The molecule has 0 spiro atoms. The molecule has 1 aliphatic rings. The van der Waals surface area contributed by atoms with Crippen molar-refractivity contribution >= 4 is 9.84 Å². The summed E-state index contributed by atoms with van der Waals surface area (Å²) in [7, 11) is -2.73. The molecule has 0 aliphatic carbocycles. The Morgan fingerprint density at radius 1 is 1.27 bits per heavy atom. The standard InChI is InChI=1S/C11H15NO2S/c13-15(14)7-6-11(9-15)12-8-10-4-2-1-3-5-10/h1-5,11-12H,6-9H2/p+1. The maximum atomic E-state index is 11.2. The Hall–Kier alpha value is -0.870.